The lowest BCUT2D eigenvalue weighted by Gasteiger charge is -2.27. The molecular formula is C15H21NO. The molecule has 1 heterocycles. The maximum atomic E-state index is 10.0. The van der Waals surface area contributed by atoms with Crippen molar-refractivity contribution in [1.29, 1.82) is 0 Å². The number of rotatable bonds is 3. The van der Waals surface area contributed by atoms with Gasteiger partial charge in [-0.3, -0.25) is 0 Å². The Morgan fingerprint density at radius 2 is 1.82 bits per heavy atom. The Morgan fingerprint density at radius 1 is 1.18 bits per heavy atom. The molecule has 1 aliphatic carbocycles. The minimum absolute atomic E-state index is 0.0547. The average molecular weight is 231 g/mol. The van der Waals surface area contributed by atoms with Crippen molar-refractivity contribution in [3.05, 3.63) is 29.8 Å². The minimum Gasteiger partial charge on any atom is -0.392 e. The van der Waals surface area contributed by atoms with Gasteiger partial charge in [0, 0.05) is 24.2 Å². The number of hydrogen-bond acceptors (Lipinski definition) is 2. The molecule has 1 atom stereocenters. The molecule has 0 aromatic heterocycles. The summed E-state index contributed by atoms with van der Waals surface area (Å²) in [4.78, 5) is 2.48. The molecule has 1 aromatic carbocycles. The Hall–Kier alpha value is -1.02. The number of aliphatic hydroxyl groups excluding tert-OH is 1. The van der Waals surface area contributed by atoms with E-state index >= 15 is 0 Å². The van der Waals surface area contributed by atoms with Gasteiger partial charge in [0.2, 0.25) is 0 Å². The molecule has 1 N–H and O–H groups in total. The Bertz CT molecular complexity index is 403. The second-order valence-corrected chi connectivity index (χ2v) is 5.54. The average Bonchev–Trinajstić information content (AvgIpc) is 2.98. The van der Waals surface area contributed by atoms with Crippen LogP contribution >= 0.6 is 0 Å². The molecule has 0 radical (unpaired) electrons. The molecule has 0 amide bonds. The van der Waals surface area contributed by atoms with Crippen molar-refractivity contribution in [3.8, 4) is 0 Å². The second kappa shape index (κ2) is 4.02. The number of nitrogens with zero attached hydrogens (tertiary/aromatic N) is 1. The number of anilines is 1. The van der Waals surface area contributed by atoms with Crippen LogP contribution in [0.15, 0.2) is 24.3 Å². The van der Waals surface area contributed by atoms with Crippen LogP contribution in [-0.2, 0) is 5.41 Å². The van der Waals surface area contributed by atoms with Gasteiger partial charge in [0.1, 0.15) is 0 Å². The molecule has 0 bridgehead atoms. The molecule has 1 saturated heterocycles. The Balaban J connectivity index is 1.99. The smallest absolute Gasteiger partial charge is 0.0609 e. The fourth-order valence-corrected chi connectivity index (χ4v) is 3.18. The van der Waals surface area contributed by atoms with Gasteiger partial charge in [-0.1, -0.05) is 18.2 Å². The molecule has 92 valence electrons. The standard InChI is InChI=1S/C15H21NO/c1-12(17)15(8-9-15)13-6-2-3-7-14(13)16-10-4-5-11-16/h2-3,6-7,12,17H,4-5,8-11H2,1H3. The van der Waals surface area contributed by atoms with E-state index in [9.17, 15) is 5.11 Å². The molecule has 17 heavy (non-hydrogen) atoms. The third kappa shape index (κ3) is 1.75. The maximum Gasteiger partial charge on any atom is 0.0609 e. The number of aliphatic hydroxyl groups is 1. The predicted octanol–water partition coefficient (Wildman–Crippen LogP) is 2.70. The highest BCUT2D eigenvalue weighted by Crippen LogP contribution is 2.53. The quantitative estimate of drug-likeness (QED) is 0.864. The minimum atomic E-state index is -0.230. The van der Waals surface area contributed by atoms with Gasteiger partial charge in [-0.25, -0.2) is 0 Å². The van der Waals surface area contributed by atoms with Crippen LogP contribution in [0.4, 0.5) is 5.69 Å². The topological polar surface area (TPSA) is 23.5 Å². The highest BCUT2D eigenvalue weighted by atomic mass is 16.3. The molecule has 1 aromatic rings. The van der Waals surface area contributed by atoms with Crippen LogP contribution in [0.1, 0.15) is 38.2 Å². The summed E-state index contributed by atoms with van der Waals surface area (Å²) in [7, 11) is 0. The van der Waals surface area contributed by atoms with Crippen molar-refractivity contribution in [2.45, 2.75) is 44.1 Å². The van der Waals surface area contributed by atoms with Crippen molar-refractivity contribution in [3.63, 3.8) is 0 Å². The zero-order chi connectivity index (χ0) is 11.9. The van der Waals surface area contributed by atoms with Crippen LogP contribution in [0.25, 0.3) is 0 Å². The first-order valence-corrected chi connectivity index (χ1v) is 6.76. The highest BCUT2D eigenvalue weighted by Gasteiger charge is 2.49. The van der Waals surface area contributed by atoms with Gasteiger partial charge in [-0.15, -0.1) is 0 Å². The molecule has 2 nitrogen and oxygen atoms in total. The van der Waals surface area contributed by atoms with E-state index in [0.717, 1.165) is 12.8 Å². The summed E-state index contributed by atoms with van der Waals surface area (Å²) in [5.74, 6) is 0. The summed E-state index contributed by atoms with van der Waals surface area (Å²) in [6.45, 7) is 4.29. The van der Waals surface area contributed by atoms with E-state index in [1.165, 1.54) is 37.2 Å². The molecule has 2 aliphatic rings. The van der Waals surface area contributed by atoms with Gasteiger partial charge in [-0.05, 0) is 44.2 Å². The normalized spacial score (nSPS) is 23.8. The van der Waals surface area contributed by atoms with Gasteiger partial charge in [-0.2, -0.15) is 0 Å². The molecule has 2 fully saturated rings. The largest absolute Gasteiger partial charge is 0.392 e. The van der Waals surface area contributed by atoms with E-state index in [1.54, 1.807) is 0 Å². The van der Waals surface area contributed by atoms with E-state index in [1.807, 2.05) is 6.92 Å². The van der Waals surface area contributed by atoms with Crippen LogP contribution in [0.3, 0.4) is 0 Å². The Labute approximate surface area is 103 Å². The first kappa shape index (κ1) is 11.1. The van der Waals surface area contributed by atoms with Crippen molar-refractivity contribution in [1.82, 2.24) is 0 Å². The monoisotopic (exact) mass is 231 g/mol. The summed E-state index contributed by atoms with van der Waals surface area (Å²) >= 11 is 0. The van der Waals surface area contributed by atoms with Gasteiger partial charge in [0.05, 0.1) is 6.10 Å². The second-order valence-electron chi connectivity index (χ2n) is 5.54. The highest BCUT2D eigenvalue weighted by molar-refractivity contribution is 5.59. The zero-order valence-corrected chi connectivity index (χ0v) is 10.5. The van der Waals surface area contributed by atoms with Gasteiger partial charge in [0.15, 0.2) is 0 Å². The maximum absolute atomic E-state index is 10.0. The SMILES string of the molecule is CC(O)C1(c2ccccc2N2CCCC2)CC1. The summed E-state index contributed by atoms with van der Waals surface area (Å²) in [6.07, 6.45) is 4.64. The van der Waals surface area contributed by atoms with E-state index in [-0.39, 0.29) is 11.5 Å². The van der Waals surface area contributed by atoms with Crippen LogP contribution in [-0.4, -0.2) is 24.3 Å². The van der Waals surface area contributed by atoms with Crippen molar-refractivity contribution < 1.29 is 5.11 Å². The molecule has 3 rings (SSSR count). The summed E-state index contributed by atoms with van der Waals surface area (Å²) in [5.41, 5.74) is 2.79. The van der Waals surface area contributed by atoms with E-state index in [2.05, 4.69) is 29.2 Å². The lowest BCUT2D eigenvalue weighted by molar-refractivity contribution is 0.151. The number of para-hydroxylation sites is 1. The van der Waals surface area contributed by atoms with Crippen LogP contribution in [0.2, 0.25) is 0 Å². The van der Waals surface area contributed by atoms with Gasteiger partial charge in [0.25, 0.3) is 0 Å². The fraction of sp³-hybridized carbons (Fsp3) is 0.600. The Morgan fingerprint density at radius 3 is 2.41 bits per heavy atom. The lowest BCUT2D eigenvalue weighted by atomic mass is 9.89. The van der Waals surface area contributed by atoms with E-state index < -0.39 is 0 Å². The van der Waals surface area contributed by atoms with Crippen LogP contribution < -0.4 is 4.90 Å². The lowest BCUT2D eigenvalue weighted by Crippen LogP contribution is -2.27. The van der Waals surface area contributed by atoms with Gasteiger partial charge < -0.3 is 10.0 Å². The molecule has 0 spiro atoms. The molecule has 1 saturated carbocycles. The van der Waals surface area contributed by atoms with Crippen LogP contribution in [0.5, 0.6) is 0 Å². The Kier molecular flexibility index (Phi) is 2.62. The van der Waals surface area contributed by atoms with Crippen LogP contribution in [0, 0.1) is 0 Å². The summed E-state index contributed by atoms with van der Waals surface area (Å²) in [6, 6.07) is 8.67. The van der Waals surface area contributed by atoms with Crippen molar-refractivity contribution >= 4 is 5.69 Å². The summed E-state index contributed by atoms with van der Waals surface area (Å²) < 4.78 is 0. The zero-order valence-electron chi connectivity index (χ0n) is 10.5. The molecular weight excluding hydrogens is 210 g/mol. The molecule has 1 unspecified atom stereocenters. The third-order valence-electron chi connectivity index (χ3n) is 4.48. The first-order valence-electron chi connectivity index (χ1n) is 6.76. The van der Waals surface area contributed by atoms with Crippen molar-refractivity contribution in [2.75, 3.05) is 18.0 Å². The van der Waals surface area contributed by atoms with Crippen molar-refractivity contribution in [2.24, 2.45) is 0 Å². The van der Waals surface area contributed by atoms with E-state index in [4.69, 9.17) is 0 Å². The predicted molar refractivity (Wildman–Crippen MR) is 70.5 cm³/mol. The number of hydrogen-bond donors (Lipinski definition) is 1. The van der Waals surface area contributed by atoms with Gasteiger partial charge >= 0.3 is 0 Å². The first-order chi connectivity index (χ1) is 8.24. The molecule has 1 aliphatic heterocycles. The molecule has 2 heteroatoms. The third-order valence-corrected chi connectivity index (χ3v) is 4.48. The summed E-state index contributed by atoms with van der Waals surface area (Å²) in [5, 5.41) is 10.0. The fourth-order valence-electron chi connectivity index (χ4n) is 3.18. The number of benzene rings is 1. The van der Waals surface area contributed by atoms with E-state index in [0.29, 0.717) is 0 Å².